The molecular formula is C19H17ClO6S. The van der Waals surface area contributed by atoms with Gasteiger partial charge in [0, 0.05) is 10.4 Å². The third-order valence-electron chi connectivity index (χ3n) is 3.94. The molecule has 0 atom stereocenters. The molecule has 0 fully saturated rings. The largest absolute Gasteiger partial charge is 0.497 e. The van der Waals surface area contributed by atoms with Crippen molar-refractivity contribution in [3.63, 3.8) is 0 Å². The molecule has 0 aliphatic heterocycles. The maximum atomic E-state index is 12.8. The molecule has 3 aromatic rings. The Hall–Kier alpha value is -2.51. The van der Waals surface area contributed by atoms with Crippen molar-refractivity contribution in [2.75, 3.05) is 13.7 Å². The van der Waals surface area contributed by atoms with Gasteiger partial charge in [-0.2, -0.15) is 0 Å². The summed E-state index contributed by atoms with van der Waals surface area (Å²) in [4.78, 5) is 12.6. The maximum absolute atomic E-state index is 12.8. The summed E-state index contributed by atoms with van der Waals surface area (Å²) in [5.74, 6) is -0.599. The zero-order chi connectivity index (χ0) is 19.6. The number of carbonyl (C=O) groups is 1. The van der Waals surface area contributed by atoms with E-state index in [0.717, 1.165) is 0 Å². The average molecular weight is 409 g/mol. The van der Waals surface area contributed by atoms with E-state index < -0.39 is 21.6 Å². The molecule has 0 unspecified atom stereocenters. The lowest BCUT2D eigenvalue weighted by atomic mass is 10.1. The zero-order valence-electron chi connectivity index (χ0n) is 14.7. The molecule has 0 bridgehead atoms. The van der Waals surface area contributed by atoms with E-state index in [2.05, 4.69) is 0 Å². The van der Waals surface area contributed by atoms with Crippen LogP contribution >= 0.6 is 11.6 Å². The molecule has 0 amide bonds. The van der Waals surface area contributed by atoms with E-state index >= 15 is 0 Å². The molecule has 0 saturated carbocycles. The van der Waals surface area contributed by atoms with E-state index in [-0.39, 0.29) is 22.8 Å². The second-order valence-corrected chi connectivity index (χ2v) is 8.12. The van der Waals surface area contributed by atoms with Crippen LogP contribution in [0.2, 0.25) is 5.02 Å². The summed E-state index contributed by atoms with van der Waals surface area (Å²) in [5, 5.41) is 0.867. The highest BCUT2D eigenvalue weighted by atomic mass is 35.5. The number of halogens is 1. The molecule has 1 heterocycles. The van der Waals surface area contributed by atoms with Gasteiger partial charge in [0.25, 0.3) is 0 Å². The van der Waals surface area contributed by atoms with Gasteiger partial charge in [-0.1, -0.05) is 11.6 Å². The molecule has 3 rings (SSSR count). The Morgan fingerprint density at radius 2 is 1.85 bits per heavy atom. The van der Waals surface area contributed by atoms with E-state index in [9.17, 15) is 13.2 Å². The number of esters is 1. The maximum Gasteiger partial charge on any atom is 0.342 e. The van der Waals surface area contributed by atoms with Crippen molar-refractivity contribution < 1.29 is 27.1 Å². The van der Waals surface area contributed by atoms with Crippen LogP contribution in [0.15, 0.2) is 51.8 Å². The Bertz CT molecular complexity index is 1080. The van der Waals surface area contributed by atoms with Gasteiger partial charge in [-0.25, -0.2) is 13.2 Å². The van der Waals surface area contributed by atoms with Crippen molar-refractivity contribution in [3.05, 3.63) is 58.8 Å². The quantitative estimate of drug-likeness (QED) is 0.567. The number of fused-ring (bicyclic) bond motifs is 1. The zero-order valence-corrected chi connectivity index (χ0v) is 16.3. The summed E-state index contributed by atoms with van der Waals surface area (Å²) in [6.07, 6.45) is 0. The van der Waals surface area contributed by atoms with Crippen molar-refractivity contribution in [3.8, 4) is 5.75 Å². The first-order valence-corrected chi connectivity index (χ1v) is 10.1. The van der Waals surface area contributed by atoms with Gasteiger partial charge in [-0.15, -0.1) is 0 Å². The van der Waals surface area contributed by atoms with Crippen LogP contribution in [-0.4, -0.2) is 28.1 Å². The molecule has 0 aliphatic carbocycles. The average Bonchev–Trinajstić information content (AvgIpc) is 2.98. The molecule has 142 valence electrons. The molecule has 0 spiro atoms. The summed E-state index contributed by atoms with van der Waals surface area (Å²) >= 11 is 5.82. The minimum absolute atomic E-state index is 0.0200. The van der Waals surface area contributed by atoms with Crippen LogP contribution in [0.4, 0.5) is 0 Å². The van der Waals surface area contributed by atoms with Crippen molar-refractivity contribution >= 4 is 38.4 Å². The summed E-state index contributed by atoms with van der Waals surface area (Å²) < 4.78 is 41.5. The van der Waals surface area contributed by atoms with Crippen LogP contribution < -0.4 is 4.74 Å². The molecule has 6 nitrogen and oxygen atoms in total. The van der Waals surface area contributed by atoms with Gasteiger partial charge in [0.1, 0.15) is 28.4 Å². The first kappa shape index (κ1) is 19.3. The molecule has 2 aromatic carbocycles. The molecule has 1 aromatic heterocycles. The SMILES string of the molecule is CCOC(=O)c1c(CS(=O)(=O)c2ccc(Cl)cc2)oc2ccc(OC)cc12. The third-order valence-corrected chi connectivity index (χ3v) is 5.83. The molecular weight excluding hydrogens is 392 g/mol. The Kier molecular flexibility index (Phi) is 5.43. The van der Waals surface area contributed by atoms with Crippen LogP contribution in [0.1, 0.15) is 23.0 Å². The summed E-state index contributed by atoms with van der Waals surface area (Å²) in [7, 11) is -2.26. The monoisotopic (exact) mass is 408 g/mol. The molecule has 8 heteroatoms. The van der Waals surface area contributed by atoms with Gasteiger partial charge in [0.2, 0.25) is 0 Å². The van der Waals surface area contributed by atoms with E-state index in [4.69, 9.17) is 25.5 Å². The lowest BCUT2D eigenvalue weighted by Gasteiger charge is -2.06. The fourth-order valence-electron chi connectivity index (χ4n) is 2.68. The van der Waals surface area contributed by atoms with Gasteiger partial charge in [-0.3, -0.25) is 0 Å². The standard InChI is InChI=1S/C19H17ClO6S/c1-3-25-19(21)18-15-10-13(24-2)6-9-16(15)26-17(18)11-27(22,23)14-7-4-12(20)5-8-14/h4-10H,3,11H2,1-2H3. The first-order chi connectivity index (χ1) is 12.9. The summed E-state index contributed by atoms with van der Waals surface area (Å²) in [5.41, 5.74) is 0.462. The molecule has 0 N–H and O–H groups in total. The summed E-state index contributed by atoms with van der Waals surface area (Å²) in [6, 6.07) is 10.7. The number of rotatable bonds is 6. The number of hydrogen-bond acceptors (Lipinski definition) is 6. The number of carbonyl (C=O) groups excluding carboxylic acids is 1. The highest BCUT2D eigenvalue weighted by molar-refractivity contribution is 7.90. The van der Waals surface area contributed by atoms with Gasteiger partial charge in [-0.05, 0) is 49.4 Å². The fourth-order valence-corrected chi connectivity index (χ4v) is 4.07. The number of benzene rings is 2. The lowest BCUT2D eigenvalue weighted by Crippen LogP contribution is -2.10. The Balaban J connectivity index is 2.11. The lowest BCUT2D eigenvalue weighted by molar-refractivity contribution is 0.0526. The second kappa shape index (κ2) is 7.62. The predicted molar refractivity (Wildman–Crippen MR) is 101 cm³/mol. The smallest absolute Gasteiger partial charge is 0.342 e. The van der Waals surface area contributed by atoms with Crippen LogP contribution in [-0.2, 0) is 20.3 Å². The normalized spacial score (nSPS) is 11.5. The van der Waals surface area contributed by atoms with Crippen molar-refractivity contribution in [2.24, 2.45) is 0 Å². The Morgan fingerprint density at radius 3 is 2.48 bits per heavy atom. The van der Waals surface area contributed by atoms with Gasteiger partial charge >= 0.3 is 5.97 Å². The van der Waals surface area contributed by atoms with Crippen LogP contribution in [0.5, 0.6) is 5.75 Å². The topological polar surface area (TPSA) is 82.8 Å². The highest BCUT2D eigenvalue weighted by Gasteiger charge is 2.27. The first-order valence-electron chi connectivity index (χ1n) is 8.10. The minimum atomic E-state index is -3.76. The van der Waals surface area contributed by atoms with Crippen LogP contribution in [0, 0.1) is 0 Å². The van der Waals surface area contributed by atoms with E-state index in [0.29, 0.717) is 21.7 Å². The summed E-state index contributed by atoms with van der Waals surface area (Å²) in [6.45, 7) is 1.82. The molecule has 0 aliphatic rings. The van der Waals surface area contributed by atoms with Gasteiger partial charge in [0.05, 0.1) is 18.6 Å². The van der Waals surface area contributed by atoms with E-state index in [1.54, 1.807) is 25.1 Å². The second-order valence-electron chi connectivity index (χ2n) is 5.70. The number of methoxy groups -OCH3 is 1. The number of ether oxygens (including phenoxy) is 2. The highest BCUT2D eigenvalue weighted by Crippen LogP contribution is 2.32. The third kappa shape index (κ3) is 3.94. The fraction of sp³-hybridized carbons (Fsp3) is 0.211. The number of sulfone groups is 1. The molecule has 27 heavy (non-hydrogen) atoms. The van der Waals surface area contributed by atoms with Crippen molar-refractivity contribution in [1.29, 1.82) is 0 Å². The van der Waals surface area contributed by atoms with Gasteiger partial charge < -0.3 is 13.9 Å². The predicted octanol–water partition coefficient (Wildman–Crippen LogP) is 4.25. The van der Waals surface area contributed by atoms with Crippen molar-refractivity contribution in [1.82, 2.24) is 0 Å². The van der Waals surface area contributed by atoms with Crippen LogP contribution in [0.3, 0.4) is 0 Å². The van der Waals surface area contributed by atoms with E-state index in [1.165, 1.54) is 31.4 Å². The van der Waals surface area contributed by atoms with Crippen molar-refractivity contribution in [2.45, 2.75) is 17.6 Å². The Labute approximate surface area is 161 Å². The van der Waals surface area contributed by atoms with Crippen LogP contribution in [0.25, 0.3) is 11.0 Å². The molecule has 0 saturated heterocycles. The Morgan fingerprint density at radius 1 is 1.15 bits per heavy atom. The number of hydrogen-bond donors (Lipinski definition) is 0. The number of furan rings is 1. The van der Waals surface area contributed by atoms with E-state index in [1.807, 2.05) is 0 Å². The minimum Gasteiger partial charge on any atom is -0.497 e. The molecule has 0 radical (unpaired) electrons. The van der Waals surface area contributed by atoms with Gasteiger partial charge in [0.15, 0.2) is 9.84 Å².